The van der Waals surface area contributed by atoms with Gasteiger partial charge in [-0.05, 0) is 54.0 Å². The predicted octanol–water partition coefficient (Wildman–Crippen LogP) is 3.57. The number of hydrogen-bond acceptors (Lipinski definition) is 5. The first-order valence-corrected chi connectivity index (χ1v) is 8.27. The van der Waals surface area contributed by atoms with E-state index in [0.717, 1.165) is 34.5 Å². The van der Waals surface area contributed by atoms with Crippen molar-refractivity contribution in [1.82, 2.24) is 25.4 Å². The Bertz CT molecular complexity index is 989. The summed E-state index contributed by atoms with van der Waals surface area (Å²) in [5.74, 6) is 0. The van der Waals surface area contributed by atoms with E-state index in [1.807, 2.05) is 47.3 Å². The summed E-state index contributed by atoms with van der Waals surface area (Å²) in [5, 5.41) is 15.8. The van der Waals surface area contributed by atoms with Crippen LogP contribution in [0.3, 0.4) is 0 Å². The minimum absolute atomic E-state index is 0.184. The first-order chi connectivity index (χ1) is 12.2. The maximum Gasteiger partial charge on any atom is 0.135 e. The molecule has 1 unspecified atom stereocenters. The Kier molecular flexibility index (Phi) is 4.03. The molecule has 0 radical (unpaired) electrons. The molecule has 2 aromatic heterocycles. The topological polar surface area (TPSA) is 68.8 Å². The van der Waals surface area contributed by atoms with Crippen LogP contribution in [-0.2, 0) is 6.54 Å². The summed E-state index contributed by atoms with van der Waals surface area (Å²) in [5.41, 5.74) is 6.10. The highest BCUT2D eigenvalue weighted by Gasteiger charge is 2.14. The molecular formula is C19H19N5O. The minimum atomic E-state index is 0.184. The number of nitrogens with zero attached hydrogens (tertiary/aromatic N) is 4. The van der Waals surface area contributed by atoms with Crippen LogP contribution in [0.2, 0.25) is 0 Å². The van der Waals surface area contributed by atoms with Gasteiger partial charge in [-0.1, -0.05) is 24.3 Å². The molecule has 0 saturated carbocycles. The second kappa shape index (κ2) is 6.49. The van der Waals surface area contributed by atoms with Crippen molar-refractivity contribution in [2.75, 3.05) is 0 Å². The molecule has 6 heteroatoms. The molecule has 0 fully saturated rings. The highest BCUT2D eigenvalue weighted by atomic mass is 16.6. The summed E-state index contributed by atoms with van der Waals surface area (Å²) in [7, 11) is 0. The lowest BCUT2D eigenvalue weighted by Crippen LogP contribution is -2.18. The smallest absolute Gasteiger partial charge is 0.135 e. The number of aromatic nitrogens is 4. The van der Waals surface area contributed by atoms with Gasteiger partial charge in [0.1, 0.15) is 11.0 Å². The molecule has 126 valence electrons. The van der Waals surface area contributed by atoms with Gasteiger partial charge in [0.15, 0.2) is 0 Å². The first kappa shape index (κ1) is 15.5. The largest absolute Gasteiger partial charge is 0.306 e. The minimum Gasteiger partial charge on any atom is -0.306 e. The second-order valence-electron chi connectivity index (χ2n) is 6.12. The fourth-order valence-electron chi connectivity index (χ4n) is 3.00. The van der Waals surface area contributed by atoms with Crippen LogP contribution < -0.4 is 5.32 Å². The van der Waals surface area contributed by atoms with Gasteiger partial charge in [-0.2, -0.15) is 5.10 Å². The van der Waals surface area contributed by atoms with Gasteiger partial charge in [0.25, 0.3) is 0 Å². The molecule has 2 aromatic carbocycles. The first-order valence-electron chi connectivity index (χ1n) is 8.27. The van der Waals surface area contributed by atoms with Gasteiger partial charge in [0, 0.05) is 23.8 Å². The Morgan fingerprint density at radius 1 is 1.08 bits per heavy atom. The van der Waals surface area contributed by atoms with Crippen LogP contribution in [0.5, 0.6) is 0 Å². The van der Waals surface area contributed by atoms with Crippen molar-refractivity contribution in [2.24, 2.45) is 0 Å². The normalized spacial score (nSPS) is 12.6. The van der Waals surface area contributed by atoms with Gasteiger partial charge in [-0.25, -0.2) is 9.31 Å². The molecule has 0 aliphatic heterocycles. The van der Waals surface area contributed by atoms with Crippen LogP contribution in [0.1, 0.15) is 29.8 Å². The van der Waals surface area contributed by atoms with Crippen LogP contribution in [0.15, 0.2) is 59.4 Å². The van der Waals surface area contributed by atoms with E-state index in [-0.39, 0.29) is 6.04 Å². The highest BCUT2D eigenvalue weighted by molar-refractivity contribution is 5.73. The van der Waals surface area contributed by atoms with E-state index in [9.17, 15) is 0 Å². The average Bonchev–Trinajstić information content (AvgIpc) is 3.26. The number of hydrogen-bond donors (Lipinski definition) is 1. The van der Waals surface area contributed by atoms with Crippen molar-refractivity contribution in [3.63, 3.8) is 0 Å². The standard InChI is InChI=1S/C19H19N5O/c1-13(20-11-15-8-9-18-19(10-15)23-25-22-18)17-12-21-24(14(17)2)16-6-4-3-5-7-16/h3-10,12-13,20H,11H2,1-2H3. The molecular weight excluding hydrogens is 314 g/mol. The van der Waals surface area contributed by atoms with Gasteiger partial charge in [0.05, 0.1) is 11.9 Å². The number of rotatable bonds is 5. The summed E-state index contributed by atoms with van der Waals surface area (Å²) in [6.45, 7) is 4.98. The molecule has 4 aromatic rings. The van der Waals surface area contributed by atoms with Crippen LogP contribution in [-0.4, -0.2) is 20.1 Å². The van der Waals surface area contributed by atoms with Gasteiger partial charge >= 0.3 is 0 Å². The third-order valence-corrected chi connectivity index (χ3v) is 4.45. The molecule has 0 aliphatic carbocycles. The van der Waals surface area contributed by atoms with E-state index in [1.54, 1.807) is 0 Å². The molecule has 0 spiro atoms. The summed E-state index contributed by atoms with van der Waals surface area (Å²) in [6.07, 6.45) is 1.94. The number of para-hydroxylation sites is 1. The maximum absolute atomic E-state index is 4.74. The third-order valence-electron chi connectivity index (χ3n) is 4.45. The van der Waals surface area contributed by atoms with Crippen molar-refractivity contribution in [1.29, 1.82) is 0 Å². The van der Waals surface area contributed by atoms with Gasteiger partial charge in [-0.3, -0.25) is 0 Å². The molecule has 2 heterocycles. The summed E-state index contributed by atoms with van der Waals surface area (Å²) >= 11 is 0. The van der Waals surface area contributed by atoms with E-state index in [0.29, 0.717) is 0 Å². The molecule has 0 amide bonds. The van der Waals surface area contributed by atoms with Crippen LogP contribution >= 0.6 is 0 Å². The molecule has 0 bridgehead atoms. The van der Waals surface area contributed by atoms with Crippen molar-refractivity contribution in [3.8, 4) is 5.69 Å². The van der Waals surface area contributed by atoms with Crippen molar-refractivity contribution >= 4 is 11.0 Å². The van der Waals surface area contributed by atoms with E-state index in [1.165, 1.54) is 5.56 Å². The molecule has 0 saturated heterocycles. The summed E-state index contributed by atoms with van der Waals surface area (Å²) in [4.78, 5) is 0. The molecule has 25 heavy (non-hydrogen) atoms. The maximum atomic E-state index is 4.74. The van der Waals surface area contributed by atoms with Gasteiger partial charge in [0.2, 0.25) is 0 Å². The lowest BCUT2D eigenvalue weighted by molar-refractivity contribution is 0.315. The van der Waals surface area contributed by atoms with E-state index in [2.05, 4.69) is 46.7 Å². The quantitative estimate of drug-likeness (QED) is 0.605. The molecule has 1 atom stereocenters. The molecule has 0 aliphatic rings. The van der Waals surface area contributed by atoms with Crippen LogP contribution in [0, 0.1) is 6.92 Å². The highest BCUT2D eigenvalue weighted by Crippen LogP contribution is 2.21. The van der Waals surface area contributed by atoms with E-state index in [4.69, 9.17) is 4.63 Å². The van der Waals surface area contributed by atoms with E-state index < -0.39 is 0 Å². The summed E-state index contributed by atoms with van der Waals surface area (Å²) in [6, 6.07) is 16.3. The molecule has 6 nitrogen and oxygen atoms in total. The number of fused-ring (bicyclic) bond motifs is 1. The van der Waals surface area contributed by atoms with Crippen molar-refractivity contribution in [2.45, 2.75) is 26.4 Å². The number of nitrogens with one attached hydrogen (secondary N) is 1. The van der Waals surface area contributed by atoms with E-state index >= 15 is 0 Å². The van der Waals surface area contributed by atoms with Crippen molar-refractivity contribution < 1.29 is 4.63 Å². The van der Waals surface area contributed by atoms with Gasteiger partial charge in [-0.15, -0.1) is 0 Å². The SMILES string of the molecule is Cc1c(C(C)NCc2ccc3nonc3c2)cnn1-c1ccccc1. The lowest BCUT2D eigenvalue weighted by Gasteiger charge is -2.14. The second-order valence-corrected chi connectivity index (χ2v) is 6.12. The molecule has 1 N–H and O–H groups in total. The Balaban J connectivity index is 1.49. The zero-order chi connectivity index (χ0) is 17.2. The number of benzene rings is 2. The Morgan fingerprint density at radius 3 is 2.72 bits per heavy atom. The summed E-state index contributed by atoms with van der Waals surface area (Å²) < 4.78 is 6.72. The van der Waals surface area contributed by atoms with Gasteiger partial charge < -0.3 is 5.32 Å². The van der Waals surface area contributed by atoms with Crippen LogP contribution in [0.25, 0.3) is 16.7 Å². The lowest BCUT2D eigenvalue weighted by atomic mass is 10.1. The van der Waals surface area contributed by atoms with Crippen LogP contribution in [0.4, 0.5) is 0 Å². The zero-order valence-electron chi connectivity index (χ0n) is 14.2. The Hall–Kier alpha value is -2.99. The monoisotopic (exact) mass is 333 g/mol. The molecule has 4 rings (SSSR count). The Labute approximate surface area is 145 Å². The predicted molar refractivity (Wildman–Crippen MR) is 95.4 cm³/mol. The average molecular weight is 333 g/mol. The fourth-order valence-corrected chi connectivity index (χ4v) is 3.00. The Morgan fingerprint density at radius 2 is 1.88 bits per heavy atom. The fraction of sp³-hybridized carbons (Fsp3) is 0.211. The zero-order valence-corrected chi connectivity index (χ0v) is 14.2. The van der Waals surface area contributed by atoms with Crippen molar-refractivity contribution in [3.05, 3.63) is 71.5 Å². The third kappa shape index (κ3) is 3.04.